The van der Waals surface area contributed by atoms with Crippen LogP contribution < -0.4 is 20.4 Å². The van der Waals surface area contributed by atoms with Crippen LogP contribution in [0.1, 0.15) is 78.0 Å². The first kappa shape index (κ1) is 34.5. The molecular weight excluding hydrogens is 574 g/mol. The van der Waals surface area contributed by atoms with Gasteiger partial charge in [0.15, 0.2) is 0 Å². The molecule has 1 aliphatic heterocycles. The second-order valence-corrected chi connectivity index (χ2v) is 12.0. The Morgan fingerprint density at radius 1 is 0.756 bits per heavy atom. The molecule has 0 bridgehead atoms. The summed E-state index contributed by atoms with van der Waals surface area (Å²) in [7, 11) is 0. The minimum absolute atomic E-state index is 0.217. The molecule has 1 unspecified atom stereocenters. The fourth-order valence-electron chi connectivity index (χ4n) is 6.24. The van der Waals surface area contributed by atoms with E-state index in [0.717, 1.165) is 97.2 Å². The molecule has 0 N–H and O–H groups in total. The van der Waals surface area contributed by atoms with Crippen molar-refractivity contribution in [3.63, 3.8) is 0 Å². The highest BCUT2D eigenvalue weighted by Gasteiger charge is 2.16. The van der Waals surface area contributed by atoms with E-state index >= 15 is 0 Å². The van der Waals surface area contributed by atoms with Crippen LogP contribution in [0, 0.1) is 0 Å². The standard InChI is InChI=1S/C39H52ClN5/c1-8-43(9-2)26-14-15-29(7)42-37-24-25-41-38-28-36(40)34(27-35(37)38)39(30-16-20-32(21-17-30)44(10-3)11-4)31-18-22-33(23-19-31)45(12-5)13-6/h16-25,27-29H,8-15,26H2,1-7H3. The van der Waals surface area contributed by atoms with Gasteiger partial charge in [0.25, 0.3) is 0 Å². The SMILES string of the molecule is CCN(CC)CCCC(C)N=C1C=CN=c2cc(Cl)c(=C(c3ccc(N(CC)CC)cc3)c3ccc(N(CC)CC)cc3)cc21. The van der Waals surface area contributed by atoms with Crippen LogP contribution in [0.2, 0.25) is 5.02 Å². The van der Waals surface area contributed by atoms with Crippen LogP contribution in [-0.4, -0.2) is 62.5 Å². The Bertz CT molecular complexity index is 1500. The summed E-state index contributed by atoms with van der Waals surface area (Å²) in [5, 5.41) is 2.55. The third kappa shape index (κ3) is 8.45. The average molecular weight is 626 g/mol. The van der Waals surface area contributed by atoms with E-state index < -0.39 is 0 Å². The minimum atomic E-state index is 0.217. The fourth-order valence-corrected chi connectivity index (χ4v) is 6.49. The van der Waals surface area contributed by atoms with Crippen LogP contribution in [0.15, 0.2) is 82.9 Å². The highest BCUT2D eigenvalue weighted by Crippen LogP contribution is 2.27. The molecule has 4 rings (SSSR count). The van der Waals surface area contributed by atoms with Crippen molar-refractivity contribution in [2.45, 2.75) is 67.3 Å². The molecule has 0 spiro atoms. The summed E-state index contributed by atoms with van der Waals surface area (Å²) < 4.78 is 0. The summed E-state index contributed by atoms with van der Waals surface area (Å²) in [6.45, 7) is 22.7. The Kier molecular flexibility index (Phi) is 12.8. The lowest BCUT2D eigenvalue weighted by atomic mass is 9.93. The van der Waals surface area contributed by atoms with Crippen molar-refractivity contribution in [2.75, 3.05) is 55.6 Å². The van der Waals surface area contributed by atoms with Crippen LogP contribution in [0.3, 0.4) is 0 Å². The average Bonchev–Trinajstić information content (AvgIpc) is 3.06. The topological polar surface area (TPSA) is 34.4 Å². The van der Waals surface area contributed by atoms with Gasteiger partial charge in [0.1, 0.15) is 0 Å². The Hall–Kier alpha value is -3.41. The Labute approximate surface area is 276 Å². The third-order valence-electron chi connectivity index (χ3n) is 9.00. The maximum atomic E-state index is 7.12. The molecule has 0 aromatic heterocycles. The second kappa shape index (κ2) is 16.8. The summed E-state index contributed by atoms with van der Waals surface area (Å²) in [5.74, 6) is 0. The third-order valence-corrected chi connectivity index (χ3v) is 9.31. The molecule has 1 atom stereocenters. The first-order valence-corrected chi connectivity index (χ1v) is 17.3. The molecule has 0 saturated heterocycles. The molecule has 0 amide bonds. The highest BCUT2D eigenvalue weighted by atomic mass is 35.5. The lowest BCUT2D eigenvalue weighted by Crippen LogP contribution is -2.26. The number of benzene rings is 3. The van der Waals surface area contributed by atoms with Crippen molar-refractivity contribution in [1.29, 1.82) is 0 Å². The fraction of sp³-hybridized carbons (Fsp3) is 0.436. The van der Waals surface area contributed by atoms with Gasteiger partial charge >= 0.3 is 0 Å². The van der Waals surface area contributed by atoms with Gasteiger partial charge in [-0.2, -0.15) is 0 Å². The van der Waals surface area contributed by atoms with Crippen molar-refractivity contribution < 1.29 is 0 Å². The van der Waals surface area contributed by atoms with Crippen LogP contribution in [0.5, 0.6) is 0 Å². The molecule has 0 fully saturated rings. The Morgan fingerprint density at radius 2 is 1.29 bits per heavy atom. The number of allylic oxidation sites excluding steroid dienone is 1. The summed E-state index contributed by atoms with van der Waals surface area (Å²) in [6, 6.07) is 22.3. The lowest BCUT2D eigenvalue weighted by Gasteiger charge is -2.22. The van der Waals surface area contributed by atoms with Crippen molar-refractivity contribution in [3.05, 3.63) is 105 Å². The van der Waals surface area contributed by atoms with Crippen LogP contribution in [-0.2, 0) is 0 Å². The largest absolute Gasteiger partial charge is 0.372 e. The number of rotatable bonds is 15. The molecule has 45 heavy (non-hydrogen) atoms. The van der Waals surface area contributed by atoms with Crippen molar-refractivity contribution in [2.24, 2.45) is 9.98 Å². The smallest absolute Gasteiger partial charge is 0.0738 e. The van der Waals surface area contributed by atoms with Gasteiger partial charge in [0.05, 0.1) is 16.1 Å². The predicted molar refractivity (Wildman–Crippen MR) is 196 cm³/mol. The zero-order valence-corrected chi connectivity index (χ0v) is 29.2. The van der Waals surface area contributed by atoms with E-state index in [1.165, 1.54) is 11.4 Å². The lowest BCUT2D eigenvalue weighted by molar-refractivity contribution is 0.294. The molecule has 1 heterocycles. The van der Waals surface area contributed by atoms with E-state index in [9.17, 15) is 0 Å². The molecule has 1 aliphatic rings. The van der Waals surface area contributed by atoms with Gasteiger partial charge < -0.3 is 14.7 Å². The van der Waals surface area contributed by atoms with E-state index in [-0.39, 0.29) is 6.04 Å². The number of fused-ring (bicyclic) bond motifs is 1. The summed E-state index contributed by atoms with van der Waals surface area (Å²) in [6.07, 6.45) is 6.08. The quantitative estimate of drug-likeness (QED) is 0.173. The van der Waals surface area contributed by atoms with E-state index in [1.54, 1.807) is 0 Å². The van der Waals surface area contributed by atoms with Crippen LogP contribution >= 0.6 is 11.6 Å². The van der Waals surface area contributed by atoms with Crippen molar-refractivity contribution >= 4 is 34.3 Å². The zero-order chi connectivity index (χ0) is 32.3. The molecular formula is C39H52ClN5. The summed E-state index contributed by atoms with van der Waals surface area (Å²) in [5.41, 5.74) is 7.84. The first-order chi connectivity index (χ1) is 21.9. The number of hydrogen-bond acceptors (Lipinski definition) is 5. The maximum absolute atomic E-state index is 7.12. The Morgan fingerprint density at radius 3 is 1.78 bits per heavy atom. The van der Waals surface area contributed by atoms with Crippen LogP contribution in [0.4, 0.5) is 11.4 Å². The Balaban J connectivity index is 1.83. The number of nitrogens with zero attached hydrogens (tertiary/aromatic N) is 5. The normalized spacial score (nSPS) is 13.9. The summed E-state index contributed by atoms with van der Waals surface area (Å²) in [4.78, 5) is 17.1. The molecule has 0 saturated carbocycles. The minimum Gasteiger partial charge on any atom is -0.372 e. The molecule has 0 aliphatic carbocycles. The number of halogens is 1. The van der Waals surface area contributed by atoms with Crippen molar-refractivity contribution in [3.8, 4) is 0 Å². The number of anilines is 2. The van der Waals surface area contributed by atoms with Gasteiger partial charge in [-0.1, -0.05) is 49.7 Å². The molecule has 6 heteroatoms. The maximum Gasteiger partial charge on any atom is 0.0738 e. The van der Waals surface area contributed by atoms with Gasteiger partial charge in [-0.05, 0) is 126 Å². The monoisotopic (exact) mass is 625 g/mol. The number of hydrogen-bond donors (Lipinski definition) is 0. The predicted octanol–water partition coefficient (Wildman–Crippen LogP) is 7.73. The van der Waals surface area contributed by atoms with Crippen molar-refractivity contribution in [1.82, 2.24) is 4.90 Å². The van der Waals surface area contributed by atoms with Gasteiger partial charge in [0.2, 0.25) is 0 Å². The van der Waals surface area contributed by atoms with Crippen LogP contribution in [0.25, 0.3) is 5.57 Å². The molecule has 3 aromatic rings. The van der Waals surface area contributed by atoms with Gasteiger partial charge in [0, 0.05) is 60.6 Å². The molecule has 3 aromatic carbocycles. The molecule has 5 nitrogen and oxygen atoms in total. The van der Waals surface area contributed by atoms with Gasteiger partial charge in [-0.25, -0.2) is 0 Å². The first-order valence-electron chi connectivity index (χ1n) is 17.0. The van der Waals surface area contributed by atoms with Gasteiger partial charge in [-0.3, -0.25) is 9.98 Å². The molecule has 240 valence electrons. The van der Waals surface area contributed by atoms with E-state index in [1.807, 2.05) is 18.3 Å². The highest BCUT2D eigenvalue weighted by molar-refractivity contribution is 6.31. The molecule has 0 radical (unpaired) electrons. The summed E-state index contributed by atoms with van der Waals surface area (Å²) >= 11 is 7.12. The van der Waals surface area contributed by atoms with E-state index in [4.69, 9.17) is 21.6 Å². The van der Waals surface area contributed by atoms with E-state index in [0.29, 0.717) is 5.02 Å². The van der Waals surface area contributed by atoms with E-state index in [2.05, 4.69) is 118 Å². The van der Waals surface area contributed by atoms with Gasteiger partial charge in [-0.15, -0.1) is 0 Å². The number of aliphatic imine (C=N–C) groups is 1. The zero-order valence-electron chi connectivity index (χ0n) is 28.5. The second-order valence-electron chi connectivity index (χ2n) is 11.6.